The summed E-state index contributed by atoms with van der Waals surface area (Å²) >= 11 is 0. The van der Waals surface area contributed by atoms with E-state index in [9.17, 15) is 4.79 Å². The number of hydrogen-bond donors (Lipinski definition) is 0. The van der Waals surface area contributed by atoms with E-state index in [1.165, 1.54) is 19.3 Å². The standard InChI is InChI=1S/C15H18N2O/c1-17-13-10-6-5-9-12(13)14(16-17)15(18)11-7-3-2-4-8-11/h5-6,9-11H,2-4,7-8H2,1H3. The Hall–Kier alpha value is -1.64. The molecule has 1 aromatic heterocycles. The fourth-order valence-electron chi connectivity index (χ4n) is 2.95. The minimum atomic E-state index is 0.192. The normalized spacial score (nSPS) is 17.2. The molecule has 0 saturated heterocycles. The number of carbonyl (C=O) groups excluding carboxylic acids is 1. The van der Waals surface area contributed by atoms with Gasteiger partial charge in [0.05, 0.1) is 5.52 Å². The van der Waals surface area contributed by atoms with Crippen LogP contribution in [0.4, 0.5) is 0 Å². The second kappa shape index (κ2) is 4.56. The number of para-hydroxylation sites is 1. The number of aryl methyl sites for hydroxylation is 1. The Morgan fingerprint density at radius 2 is 1.94 bits per heavy atom. The molecule has 0 bridgehead atoms. The molecular formula is C15H18N2O. The SMILES string of the molecule is Cn1nc(C(=O)C2CCCCC2)c2ccccc21. The number of ketones is 1. The van der Waals surface area contributed by atoms with Gasteiger partial charge in [0.15, 0.2) is 5.78 Å². The summed E-state index contributed by atoms with van der Waals surface area (Å²) in [4.78, 5) is 12.6. The number of Topliss-reactive ketones (excluding diaryl/α,β-unsaturated/α-hetero) is 1. The van der Waals surface area contributed by atoms with Crippen LogP contribution in [0.2, 0.25) is 0 Å². The Bertz CT molecular complexity index is 579. The molecule has 1 aromatic carbocycles. The highest BCUT2D eigenvalue weighted by atomic mass is 16.1. The molecule has 3 rings (SSSR count). The second-order valence-corrected chi connectivity index (χ2v) is 5.19. The largest absolute Gasteiger partial charge is 0.292 e. The van der Waals surface area contributed by atoms with E-state index in [0.717, 1.165) is 23.7 Å². The predicted molar refractivity (Wildman–Crippen MR) is 71.6 cm³/mol. The predicted octanol–water partition coefficient (Wildman–Crippen LogP) is 3.34. The van der Waals surface area contributed by atoms with Gasteiger partial charge in [-0.25, -0.2) is 0 Å². The van der Waals surface area contributed by atoms with Crippen molar-refractivity contribution < 1.29 is 4.79 Å². The molecule has 1 aliphatic carbocycles. The maximum Gasteiger partial charge on any atom is 0.186 e. The van der Waals surface area contributed by atoms with Crippen molar-refractivity contribution in [1.82, 2.24) is 9.78 Å². The third-order valence-electron chi connectivity index (χ3n) is 3.97. The first kappa shape index (κ1) is 11.5. The van der Waals surface area contributed by atoms with Gasteiger partial charge in [-0.2, -0.15) is 5.10 Å². The van der Waals surface area contributed by atoms with Crippen LogP contribution in [0.25, 0.3) is 10.9 Å². The Balaban J connectivity index is 2.00. The van der Waals surface area contributed by atoms with Crippen molar-refractivity contribution in [1.29, 1.82) is 0 Å². The van der Waals surface area contributed by atoms with Crippen LogP contribution in [0, 0.1) is 5.92 Å². The molecule has 0 spiro atoms. The molecule has 0 amide bonds. The first-order valence-electron chi connectivity index (χ1n) is 6.73. The van der Waals surface area contributed by atoms with E-state index in [0.29, 0.717) is 5.69 Å². The molecule has 18 heavy (non-hydrogen) atoms. The van der Waals surface area contributed by atoms with Gasteiger partial charge in [0.25, 0.3) is 0 Å². The van der Waals surface area contributed by atoms with Crippen LogP contribution in [0.5, 0.6) is 0 Å². The number of aromatic nitrogens is 2. The van der Waals surface area contributed by atoms with Crippen molar-refractivity contribution >= 4 is 16.7 Å². The van der Waals surface area contributed by atoms with Crippen molar-refractivity contribution in [2.45, 2.75) is 32.1 Å². The van der Waals surface area contributed by atoms with Crippen LogP contribution in [-0.4, -0.2) is 15.6 Å². The van der Waals surface area contributed by atoms with Gasteiger partial charge < -0.3 is 0 Å². The average molecular weight is 242 g/mol. The van der Waals surface area contributed by atoms with E-state index in [1.807, 2.05) is 36.0 Å². The molecular weight excluding hydrogens is 224 g/mol. The van der Waals surface area contributed by atoms with E-state index in [4.69, 9.17) is 0 Å². The molecule has 0 N–H and O–H groups in total. The summed E-state index contributed by atoms with van der Waals surface area (Å²) in [6.45, 7) is 0. The Morgan fingerprint density at radius 3 is 2.72 bits per heavy atom. The number of hydrogen-bond acceptors (Lipinski definition) is 2. The number of benzene rings is 1. The number of carbonyl (C=O) groups is 1. The summed E-state index contributed by atoms with van der Waals surface area (Å²) in [6.07, 6.45) is 5.70. The fourth-order valence-corrected chi connectivity index (χ4v) is 2.95. The van der Waals surface area contributed by atoms with Gasteiger partial charge in [-0.3, -0.25) is 9.48 Å². The molecule has 0 aliphatic heterocycles. The lowest BCUT2D eigenvalue weighted by molar-refractivity contribution is 0.0885. The molecule has 0 unspecified atom stereocenters. The molecule has 3 heteroatoms. The lowest BCUT2D eigenvalue weighted by Crippen LogP contribution is -2.18. The first-order chi connectivity index (χ1) is 8.77. The molecule has 1 saturated carbocycles. The summed E-state index contributed by atoms with van der Waals surface area (Å²) in [5, 5.41) is 5.43. The molecule has 3 nitrogen and oxygen atoms in total. The second-order valence-electron chi connectivity index (χ2n) is 5.19. The summed E-state index contributed by atoms with van der Waals surface area (Å²) in [7, 11) is 1.90. The highest BCUT2D eigenvalue weighted by Crippen LogP contribution is 2.29. The molecule has 1 heterocycles. The topological polar surface area (TPSA) is 34.9 Å². The monoisotopic (exact) mass is 242 g/mol. The fraction of sp³-hybridized carbons (Fsp3) is 0.467. The molecule has 1 aliphatic rings. The van der Waals surface area contributed by atoms with Crippen LogP contribution in [0.15, 0.2) is 24.3 Å². The Labute approximate surface area is 107 Å². The Kier molecular flexibility index (Phi) is 2.90. The summed E-state index contributed by atoms with van der Waals surface area (Å²) in [5.74, 6) is 0.434. The maximum atomic E-state index is 12.6. The minimum absolute atomic E-state index is 0.192. The summed E-state index contributed by atoms with van der Waals surface area (Å²) in [6, 6.07) is 7.97. The maximum absolute atomic E-state index is 12.6. The molecule has 0 radical (unpaired) electrons. The minimum Gasteiger partial charge on any atom is -0.292 e. The van der Waals surface area contributed by atoms with E-state index in [2.05, 4.69) is 5.10 Å². The van der Waals surface area contributed by atoms with E-state index < -0.39 is 0 Å². The van der Waals surface area contributed by atoms with Gasteiger partial charge in [0.1, 0.15) is 5.69 Å². The van der Waals surface area contributed by atoms with Crippen molar-refractivity contribution in [2.75, 3.05) is 0 Å². The van der Waals surface area contributed by atoms with Crippen molar-refractivity contribution in [3.05, 3.63) is 30.0 Å². The molecule has 1 fully saturated rings. The quantitative estimate of drug-likeness (QED) is 0.757. The molecule has 94 valence electrons. The van der Waals surface area contributed by atoms with Gasteiger partial charge in [-0.15, -0.1) is 0 Å². The van der Waals surface area contributed by atoms with Crippen LogP contribution in [-0.2, 0) is 7.05 Å². The van der Waals surface area contributed by atoms with Gasteiger partial charge in [0.2, 0.25) is 0 Å². The van der Waals surface area contributed by atoms with Crippen molar-refractivity contribution in [2.24, 2.45) is 13.0 Å². The van der Waals surface area contributed by atoms with E-state index >= 15 is 0 Å². The van der Waals surface area contributed by atoms with Crippen LogP contribution in [0.1, 0.15) is 42.6 Å². The van der Waals surface area contributed by atoms with Gasteiger partial charge in [0, 0.05) is 18.4 Å². The van der Waals surface area contributed by atoms with Gasteiger partial charge >= 0.3 is 0 Å². The van der Waals surface area contributed by atoms with Crippen LogP contribution < -0.4 is 0 Å². The third-order valence-corrected chi connectivity index (χ3v) is 3.97. The zero-order chi connectivity index (χ0) is 12.5. The lowest BCUT2D eigenvalue weighted by atomic mass is 9.85. The summed E-state index contributed by atoms with van der Waals surface area (Å²) in [5.41, 5.74) is 1.71. The van der Waals surface area contributed by atoms with E-state index in [1.54, 1.807) is 0 Å². The van der Waals surface area contributed by atoms with Crippen LogP contribution in [0.3, 0.4) is 0 Å². The van der Waals surface area contributed by atoms with Crippen molar-refractivity contribution in [3.8, 4) is 0 Å². The molecule has 0 atom stereocenters. The van der Waals surface area contributed by atoms with Crippen LogP contribution >= 0.6 is 0 Å². The number of nitrogens with zero attached hydrogens (tertiary/aromatic N) is 2. The smallest absolute Gasteiger partial charge is 0.186 e. The van der Waals surface area contributed by atoms with E-state index in [-0.39, 0.29) is 11.7 Å². The lowest BCUT2D eigenvalue weighted by Gasteiger charge is -2.19. The average Bonchev–Trinajstić information content (AvgIpc) is 2.77. The number of rotatable bonds is 2. The molecule has 2 aromatic rings. The van der Waals surface area contributed by atoms with Gasteiger partial charge in [-0.05, 0) is 18.9 Å². The number of fused-ring (bicyclic) bond motifs is 1. The van der Waals surface area contributed by atoms with Crippen molar-refractivity contribution in [3.63, 3.8) is 0 Å². The third kappa shape index (κ3) is 1.84. The zero-order valence-electron chi connectivity index (χ0n) is 10.7. The zero-order valence-corrected chi connectivity index (χ0v) is 10.7. The highest BCUT2D eigenvalue weighted by Gasteiger charge is 2.26. The Morgan fingerprint density at radius 1 is 1.22 bits per heavy atom. The highest BCUT2D eigenvalue weighted by molar-refractivity contribution is 6.07. The summed E-state index contributed by atoms with van der Waals surface area (Å²) < 4.78 is 1.81. The van der Waals surface area contributed by atoms with Gasteiger partial charge in [-0.1, -0.05) is 37.5 Å². The first-order valence-corrected chi connectivity index (χ1v) is 6.73.